The highest BCUT2D eigenvalue weighted by molar-refractivity contribution is 9.10. The lowest BCUT2D eigenvalue weighted by atomic mass is 9.63. The van der Waals surface area contributed by atoms with Crippen LogP contribution in [0.2, 0.25) is 5.02 Å². The third kappa shape index (κ3) is 2.68. The number of hydrogen-bond donors (Lipinski definition) is 1. The molecule has 1 N–H and O–H groups in total. The molecule has 140 valence electrons. The molecule has 6 atom stereocenters. The summed E-state index contributed by atoms with van der Waals surface area (Å²) < 4.78 is 0.822. The van der Waals surface area contributed by atoms with Crippen LogP contribution in [0.4, 0.5) is 5.69 Å². The van der Waals surface area contributed by atoms with Crippen molar-refractivity contribution in [1.82, 2.24) is 4.90 Å². The number of hydrogen-bond acceptors (Lipinski definition) is 3. The largest absolute Gasteiger partial charge is 0.325 e. The number of carbonyl (C=O) groups is 3. The van der Waals surface area contributed by atoms with Gasteiger partial charge in [0.05, 0.1) is 22.5 Å². The monoisotopic (exact) mass is 448 g/mol. The molecule has 0 spiro atoms. The summed E-state index contributed by atoms with van der Waals surface area (Å²) in [4.78, 5) is 39.4. The standard InChI is InChI=1S/C20H18BrClN2O3/c21-9-1-4-15(14(22)7-9)23-16(25)5-6-24-19(26)17-10-2-3-11(13-8-12(10)13)18(17)20(24)27/h1-4,7,10-13,17-18H,5-6,8H2,(H,23,25)/t10-,11-,12-,13+,17+,18+/m1/s1. The van der Waals surface area contributed by atoms with Crippen LogP contribution in [0.5, 0.6) is 0 Å². The van der Waals surface area contributed by atoms with Gasteiger partial charge in [0.2, 0.25) is 17.7 Å². The van der Waals surface area contributed by atoms with Crippen LogP contribution in [-0.4, -0.2) is 29.2 Å². The number of benzene rings is 1. The fourth-order valence-corrected chi connectivity index (χ4v) is 5.98. The molecule has 2 bridgehead atoms. The molecular weight excluding hydrogens is 432 g/mol. The zero-order chi connectivity index (χ0) is 18.9. The molecule has 0 radical (unpaired) electrons. The van der Waals surface area contributed by atoms with Gasteiger partial charge in [0.25, 0.3) is 0 Å². The summed E-state index contributed by atoms with van der Waals surface area (Å²) in [6.07, 6.45) is 5.51. The molecule has 1 saturated heterocycles. The van der Waals surface area contributed by atoms with E-state index in [9.17, 15) is 14.4 Å². The summed E-state index contributed by atoms with van der Waals surface area (Å²) in [6, 6.07) is 5.19. The van der Waals surface area contributed by atoms with E-state index in [2.05, 4.69) is 33.4 Å². The molecular formula is C20H18BrClN2O3. The molecule has 2 saturated carbocycles. The van der Waals surface area contributed by atoms with E-state index in [1.807, 2.05) is 0 Å². The number of amides is 3. The van der Waals surface area contributed by atoms with E-state index in [0.717, 1.165) is 10.9 Å². The summed E-state index contributed by atoms with van der Waals surface area (Å²) >= 11 is 9.44. The molecule has 27 heavy (non-hydrogen) atoms. The average Bonchev–Trinajstić information content (AvgIpc) is 3.41. The predicted octanol–water partition coefficient (Wildman–Crippen LogP) is 3.48. The number of halogens is 2. The molecule has 1 heterocycles. The smallest absolute Gasteiger partial charge is 0.233 e. The Morgan fingerprint density at radius 3 is 2.37 bits per heavy atom. The summed E-state index contributed by atoms with van der Waals surface area (Å²) in [7, 11) is 0. The summed E-state index contributed by atoms with van der Waals surface area (Å²) in [6.45, 7) is 0.124. The molecule has 0 aromatic heterocycles. The van der Waals surface area contributed by atoms with Gasteiger partial charge in [0.1, 0.15) is 0 Å². The number of allylic oxidation sites excluding steroid dienone is 2. The van der Waals surface area contributed by atoms with Gasteiger partial charge in [0.15, 0.2) is 0 Å². The zero-order valence-corrected chi connectivity index (χ0v) is 16.7. The van der Waals surface area contributed by atoms with E-state index in [1.165, 1.54) is 4.90 Å². The fourth-order valence-electron chi connectivity index (χ4n) is 5.26. The highest BCUT2D eigenvalue weighted by Gasteiger charge is 2.66. The van der Waals surface area contributed by atoms with Crippen molar-refractivity contribution in [2.24, 2.45) is 35.5 Å². The van der Waals surface area contributed by atoms with Crippen LogP contribution in [0.3, 0.4) is 0 Å². The normalized spacial score (nSPS) is 35.3. The number of carbonyl (C=O) groups excluding carboxylic acids is 3. The Kier molecular flexibility index (Phi) is 3.99. The minimum Gasteiger partial charge on any atom is -0.325 e. The lowest BCUT2D eigenvalue weighted by Gasteiger charge is -2.37. The van der Waals surface area contributed by atoms with Gasteiger partial charge in [-0.05, 0) is 48.3 Å². The quantitative estimate of drug-likeness (QED) is 0.565. The van der Waals surface area contributed by atoms with Crippen LogP contribution >= 0.6 is 27.5 Å². The van der Waals surface area contributed by atoms with Crippen LogP contribution in [0.15, 0.2) is 34.8 Å². The van der Waals surface area contributed by atoms with Gasteiger partial charge in [-0.2, -0.15) is 0 Å². The maximum atomic E-state index is 12.9. The van der Waals surface area contributed by atoms with E-state index in [0.29, 0.717) is 22.5 Å². The molecule has 3 amide bonds. The van der Waals surface area contributed by atoms with E-state index >= 15 is 0 Å². The van der Waals surface area contributed by atoms with Crippen LogP contribution in [0.1, 0.15) is 12.8 Å². The maximum absolute atomic E-state index is 12.9. The third-order valence-corrected chi connectivity index (χ3v) is 7.33. The molecule has 5 aliphatic rings. The second-order valence-electron chi connectivity index (χ2n) is 7.91. The summed E-state index contributed by atoms with van der Waals surface area (Å²) in [5, 5.41) is 3.17. The van der Waals surface area contributed by atoms with Crippen molar-refractivity contribution in [3.63, 3.8) is 0 Å². The van der Waals surface area contributed by atoms with E-state index in [4.69, 9.17) is 11.6 Å². The van der Waals surface area contributed by atoms with Crippen LogP contribution in [-0.2, 0) is 14.4 Å². The Balaban J connectivity index is 1.25. The van der Waals surface area contributed by atoms with Crippen molar-refractivity contribution >= 4 is 50.9 Å². The van der Waals surface area contributed by atoms with Crippen molar-refractivity contribution in [3.8, 4) is 0 Å². The van der Waals surface area contributed by atoms with Crippen LogP contribution < -0.4 is 5.32 Å². The highest BCUT2D eigenvalue weighted by Crippen LogP contribution is 2.65. The molecule has 0 unspecified atom stereocenters. The minimum absolute atomic E-state index is 0.0684. The van der Waals surface area contributed by atoms with E-state index in [1.54, 1.807) is 18.2 Å². The Labute approximate surface area is 170 Å². The first-order valence-electron chi connectivity index (χ1n) is 9.24. The number of anilines is 1. The maximum Gasteiger partial charge on any atom is 0.233 e. The lowest BCUT2D eigenvalue weighted by Crippen LogP contribution is -2.40. The SMILES string of the molecule is O=C(CCN1C(=O)[C@H]2[C@@H]3C=C[C@H]([C@@H]4C[C@H]34)[C@@H]2C1=O)Nc1ccc(Br)cc1Cl. The van der Waals surface area contributed by atoms with Gasteiger partial charge in [-0.3, -0.25) is 19.3 Å². The van der Waals surface area contributed by atoms with Crippen molar-refractivity contribution in [1.29, 1.82) is 0 Å². The van der Waals surface area contributed by atoms with E-state index in [-0.39, 0.29) is 54.4 Å². The Hall–Kier alpha value is -1.66. The van der Waals surface area contributed by atoms with Crippen molar-refractivity contribution in [2.45, 2.75) is 12.8 Å². The van der Waals surface area contributed by atoms with Gasteiger partial charge in [0, 0.05) is 17.4 Å². The third-order valence-electron chi connectivity index (χ3n) is 6.52. The highest BCUT2D eigenvalue weighted by atomic mass is 79.9. The zero-order valence-electron chi connectivity index (χ0n) is 14.4. The molecule has 4 aliphatic carbocycles. The Morgan fingerprint density at radius 2 is 1.78 bits per heavy atom. The molecule has 3 fully saturated rings. The molecule has 1 aliphatic heterocycles. The van der Waals surface area contributed by atoms with Gasteiger partial charge in [-0.1, -0.05) is 39.7 Å². The van der Waals surface area contributed by atoms with Gasteiger partial charge in [-0.25, -0.2) is 0 Å². The Bertz CT molecular complexity index is 865. The Morgan fingerprint density at radius 1 is 1.15 bits per heavy atom. The van der Waals surface area contributed by atoms with Crippen molar-refractivity contribution < 1.29 is 14.4 Å². The second kappa shape index (κ2) is 6.17. The second-order valence-corrected chi connectivity index (χ2v) is 9.23. The molecule has 6 rings (SSSR count). The number of nitrogens with one attached hydrogen (secondary N) is 1. The number of likely N-dealkylation sites (tertiary alicyclic amines) is 1. The minimum atomic E-state index is -0.265. The first-order valence-corrected chi connectivity index (χ1v) is 10.4. The number of imide groups is 1. The number of nitrogens with zero attached hydrogens (tertiary/aromatic N) is 1. The van der Waals surface area contributed by atoms with Crippen molar-refractivity contribution in [3.05, 3.63) is 39.8 Å². The summed E-state index contributed by atoms with van der Waals surface area (Å²) in [5.41, 5.74) is 0.514. The first-order chi connectivity index (χ1) is 13.0. The fraction of sp³-hybridized carbons (Fsp3) is 0.450. The summed E-state index contributed by atoms with van der Waals surface area (Å²) in [5.74, 6) is 0.720. The van der Waals surface area contributed by atoms with Crippen molar-refractivity contribution in [2.75, 3.05) is 11.9 Å². The molecule has 5 nitrogen and oxygen atoms in total. The van der Waals surface area contributed by atoms with E-state index < -0.39 is 0 Å². The van der Waals surface area contributed by atoms with Crippen LogP contribution in [0, 0.1) is 35.5 Å². The topological polar surface area (TPSA) is 66.5 Å². The lowest BCUT2D eigenvalue weighted by molar-refractivity contribution is -0.140. The molecule has 7 heteroatoms. The van der Waals surface area contributed by atoms with Gasteiger partial charge in [-0.15, -0.1) is 0 Å². The first kappa shape index (κ1) is 17.4. The molecule has 1 aromatic carbocycles. The van der Waals surface area contributed by atoms with Gasteiger partial charge < -0.3 is 5.32 Å². The molecule has 1 aromatic rings. The van der Waals surface area contributed by atoms with Gasteiger partial charge >= 0.3 is 0 Å². The predicted molar refractivity (Wildman–Crippen MR) is 104 cm³/mol. The van der Waals surface area contributed by atoms with Crippen LogP contribution in [0.25, 0.3) is 0 Å². The average molecular weight is 450 g/mol. The number of rotatable bonds is 4.